The summed E-state index contributed by atoms with van der Waals surface area (Å²) in [5.74, 6) is 0. The van der Waals surface area contributed by atoms with E-state index < -0.39 is 11.2 Å². The molecule has 3 heterocycles. The van der Waals surface area contributed by atoms with Crippen molar-refractivity contribution in [1.82, 2.24) is 14.1 Å². The number of fused-ring (bicyclic) bond motifs is 2. The normalized spacial score (nSPS) is 11.9. The van der Waals surface area contributed by atoms with Crippen molar-refractivity contribution in [2.24, 2.45) is 0 Å². The van der Waals surface area contributed by atoms with Crippen molar-refractivity contribution in [2.45, 2.75) is 6.54 Å². The minimum absolute atomic E-state index is 0.281. The molecular formula is C24H20ClN3O3S. The molecule has 8 heteroatoms. The van der Waals surface area contributed by atoms with Crippen LogP contribution in [0.1, 0.15) is 4.88 Å². The van der Waals surface area contributed by atoms with Gasteiger partial charge >= 0.3 is 5.69 Å². The van der Waals surface area contributed by atoms with Gasteiger partial charge in [-0.05, 0) is 6.07 Å². The van der Waals surface area contributed by atoms with Crippen molar-refractivity contribution in [2.75, 3.05) is 13.7 Å². The molecule has 0 saturated carbocycles. The number of rotatable bonds is 7. The lowest BCUT2D eigenvalue weighted by molar-refractivity contribution is 0.187. The average molecular weight is 466 g/mol. The number of pyridine rings is 1. The summed E-state index contributed by atoms with van der Waals surface area (Å²) in [6.45, 7) is 8.12. The van der Waals surface area contributed by atoms with E-state index >= 15 is 0 Å². The van der Waals surface area contributed by atoms with Crippen LogP contribution < -0.4 is 11.2 Å². The van der Waals surface area contributed by atoms with Gasteiger partial charge in [0.2, 0.25) is 0 Å². The monoisotopic (exact) mass is 465 g/mol. The molecule has 1 aromatic carbocycles. The van der Waals surface area contributed by atoms with E-state index in [9.17, 15) is 9.59 Å². The first-order valence-corrected chi connectivity index (χ1v) is 11.0. The molecule has 4 aromatic rings. The molecule has 0 aliphatic heterocycles. The Morgan fingerprint density at radius 3 is 2.78 bits per heavy atom. The number of hydrogen-bond acceptors (Lipinski definition) is 5. The maximum atomic E-state index is 13.6. The molecule has 0 saturated heterocycles. The van der Waals surface area contributed by atoms with Gasteiger partial charge in [-0.25, -0.2) is 9.36 Å². The molecule has 0 unspecified atom stereocenters. The molecule has 0 aliphatic carbocycles. The summed E-state index contributed by atoms with van der Waals surface area (Å²) < 4.78 is 8.36. The number of aromatic nitrogens is 3. The topological polar surface area (TPSA) is 66.1 Å². The Hall–Kier alpha value is -3.26. The largest absolute Gasteiger partial charge is 0.383 e. The number of thiophene rings is 1. The number of halogens is 1. The van der Waals surface area contributed by atoms with Crippen LogP contribution in [-0.2, 0) is 11.3 Å². The molecule has 4 rings (SSSR count). The lowest BCUT2D eigenvalue weighted by atomic mass is 10.1. The second-order valence-corrected chi connectivity index (χ2v) is 8.50. The molecule has 0 amide bonds. The predicted octanol–water partition coefficient (Wildman–Crippen LogP) is 4.73. The SMILES string of the molecule is C=C/C=C(\C(=C)Cl)c1cc2c(s1)c(=O)n(-c1cncc3ccccc13)c(=O)n2CCOC. The van der Waals surface area contributed by atoms with Crippen LogP contribution in [0, 0.1) is 0 Å². The second-order valence-electron chi connectivity index (χ2n) is 6.99. The highest BCUT2D eigenvalue weighted by Gasteiger charge is 2.20. The van der Waals surface area contributed by atoms with Gasteiger partial charge in [0.05, 0.1) is 30.6 Å². The van der Waals surface area contributed by atoms with Gasteiger partial charge in [0.25, 0.3) is 5.56 Å². The number of ether oxygens (including phenoxy) is 1. The van der Waals surface area contributed by atoms with Gasteiger partial charge in [0.15, 0.2) is 0 Å². The summed E-state index contributed by atoms with van der Waals surface area (Å²) in [6, 6.07) is 9.28. The zero-order chi connectivity index (χ0) is 22.8. The van der Waals surface area contributed by atoms with Crippen molar-refractivity contribution in [3.63, 3.8) is 0 Å². The van der Waals surface area contributed by atoms with E-state index in [1.54, 1.807) is 36.1 Å². The van der Waals surface area contributed by atoms with Crippen LogP contribution >= 0.6 is 22.9 Å². The van der Waals surface area contributed by atoms with Gasteiger partial charge < -0.3 is 4.74 Å². The quantitative estimate of drug-likeness (QED) is 0.370. The summed E-state index contributed by atoms with van der Waals surface area (Å²) in [7, 11) is 1.56. The number of allylic oxidation sites excluding steroid dienone is 4. The molecule has 0 atom stereocenters. The van der Waals surface area contributed by atoms with Crippen molar-refractivity contribution in [3.05, 3.63) is 98.8 Å². The second kappa shape index (κ2) is 9.08. The Morgan fingerprint density at radius 1 is 1.28 bits per heavy atom. The molecule has 0 aliphatic rings. The summed E-state index contributed by atoms with van der Waals surface area (Å²) in [5, 5.41) is 1.92. The maximum absolute atomic E-state index is 13.6. The first-order chi connectivity index (χ1) is 15.5. The first kappa shape index (κ1) is 22.0. The van der Waals surface area contributed by atoms with Crippen LogP contribution in [0.25, 0.3) is 32.2 Å². The van der Waals surface area contributed by atoms with Crippen LogP contribution in [0.4, 0.5) is 0 Å². The fourth-order valence-electron chi connectivity index (χ4n) is 3.59. The first-order valence-electron chi connectivity index (χ1n) is 9.77. The van der Waals surface area contributed by atoms with Crippen molar-refractivity contribution >= 4 is 49.5 Å². The molecule has 0 fully saturated rings. The highest BCUT2D eigenvalue weighted by Crippen LogP contribution is 2.33. The third-order valence-corrected chi connectivity index (χ3v) is 6.42. The van der Waals surface area contributed by atoms with E-state index in [4.69, 9.17) is 16.3 Å². The molecular weight excluding hydrogens is 446 g/mol. The van der Waals surface area contributed by atoms with E-state index in [-0.39, 0.29) is 6.54 Å². The highest BCUT2D eigenvalue weighted by atomic mass is 35.5. The Bertz CT molecular complexity index is 1510. The van der Waals surface area contributed by atoms with E-state index in [2.05, 4.69) is 18.1 Å². The van der Waals surface area contributed by atoms with Gasteiger partial charge in [0, 0.05) is 39.6 Å². The van der Waals surface area contributed by atoms with Crippen molar-refractivity contribution in [3.8, 4) is 5.69 Å². The van der Waals surface area contributed by atoms with Gasteiger partial charge in [0.1, 0.15) is 4.70 Å². The van der Waals surface area contributed by atoms with E-state index in [0.717, 1.165) is 15.6 Å². The van der Waals surface area contributed by atoms with Crippen LogP contribution in [0.2, 0.25) is 0 Å². The molecule has 0 N–H and O–H groups in total. The average Bonchev–Trinajstić information content (AvgIpc) is 3.22. The smallest absolute Gasteiger partial charge is 0.336 e. The molecule has 0 radical (unpaired) electrons. The van der Waals surface area contributed by atoms with Gasteiger partial charge in [-0.15, -0.1) is 11.3 Å². The Balaban J connectivity index is 2.10. The van der Waals surface area contributed by atoms with Crippen LogP contribution in [0.3, 0.4) is 0 Å². The fraction of sp³-hybridized carbons (Fsp3) is 0.125. The molecule has 0 bridgehead atoms. The number of methoxy groups -OCH3 is 1. The standard InChI is InChI=1S/C24H20ClN3O3S/c1-4-7-17(15(2)25)21-12-19-22(32-21)23(29)28(24(30)27(19)10-11-31-3)20-14-26-13-16-8-5-6-9-18(16)20/h4-9,12-14H,1-2,10-11H2,3H3/b17-7+. The minimum atomic E-state index is -0.457. The summed E-state index contributed by atoms with van der Waals surface area (Å²) in [4.78, 5) is 32.1. The van der Waals surface area contributed by atoms with E-state index in [1.165, 1.54) is 22.1 Å². The Morgan fingerprint density at radius 2 is 2.06 bits per heavy atom. The Kier molecular flexibility index (Phi) is 6.23. The van der Waals surface area contributed by atoms with Gasteiger partial charge in [-0.3, -0.25) is 14.3 Å². The van der Waals surface area contributed by atoms with E-state index in [0.29, 0.717) is 33.1 Å². The summed E-state index contributed by atoms with van der Waals surface area (Å²) in [6.07, 6.45) is 6.57. The minimum Gasteiger partial charge on any atom is -0.383 e. The fourth-order valence-corrected chi connectivity index (χ4v) is 4.96. The molecule has 6 nitrogen and oxygen atoms in total. The zero-order valence-corrected chi connectivity index (χ0v) is 18.9. The lowest BCUT2D eigenvalue weighted by Gasteiger charge is -2.13. The van der Waals surface area contributed by atoms with Crippen LogP contribution in [-0.4, -0.2) is 27.8 Å². The highest BCUT2D eigenvalue weighted by molar-refractivity contribution is 7.20. The van der Waals surface area contributed by atoms with Crippen molar-refractivity contribution < 1.29 is 4.74 Å². The zero-order valence-electron chi connectivity index (χ0n) is 17.4. The number of benzene rings is 1. The summed E-state index contributed by atoms with van der Waals surface area (Å²) >= 11 is 7.44. The van der Waals surface area contributed by atoms with Crippen LogP contribution in [0.5, 0.6) is 0 Å². The van der Waals surface area contributed by atoms with Gasteiger partial charge in [-0.1, -0.05) is 61.2 Å². The molecule has 3 aromatic heterocycles. The van der Waals surface area contributed by atoms with Crippen molar-refractivity contribution in [1.29, 1.82) is 0 Å². The molecule has 32 heavy (non-hydrogen) atoms. The van der Waals surface area contributed by atoms with Crippen LogP contribution in [0.15, 0.2) is 82.7 Å². The third kappa shape index (κ3) is 3.75. The van der Waals surface area contributed by atoms with Gasteiger partial charge in [-0.2, -0.15) is 0 Å². The third-order valence-electron chi connectivity index (χ3n) is 5.07. The maximum Gasteiger partial charge on any atom is 0.336 e. The predicted molar refractivity (Wildman–Crippen MR) is 132 cm³/mol. The molecule has 0 spiro atoms. The lowest BCUT2D eigenvalue weighted by Crippen LogP contribution is -2.39. The molecule has 162 valence electrons. The van der Waals surface area contributed by atoms with E-state index in [1.807, 2.05) is 24.3 Å². The Labute approximate surface area is 193 Å². The number of nitrogens with zero attached hydrogens (tertiary/aromatic N) is 3. The number of hydrogen-bond donors (Lipinski definition) is 0. The summed E-state index contributed by atoms with van der Waals surface area (Å²) in [5.41, 5.74) is 0.734.